The summed E-state index contributed by atoms with van der Waals surface area (Å²) in [5.41, 5.74) is 6.45. The normalized spacial score (nSPS) is 12.5. The van der Waals surface area contributed by atoms with Crippen LogP contribution in [0, 0.1) is 28.7 Å². The molecule has 0 aliphatic rings. The van der Waals surface area contributed by atoms with Gasteiger partial charge in [-0.2, -0.15) is 0 Å². The number of aliphatic hydroxyl groups is 1. The van der Waals surface area contributed by atoms with Crippen LogP contribution >= 0.6 is 0 Å². The van der Waals surface area contributed by atoms with Gasteiger partial charge >= 0.3 is 0 Å². The average molecular weight is 834 g/mol. The zero-order valence-corrected chi connectivity index (χ0v) is 32.9. The van der Waals surface area contributed by atoms with E-state index in [1.54, 1.807) is 6.33 Å². The van der Waals surface area contributed by atoms with Crippen LogP contribution in [-0.4, -0.2) is 20.9 Å². The van der Waals surface area contributed by atoms with E-state index in [0.29, 0.717) is 11.8 Å². The molecule has 0 bridgehead atoms. The largest absolute Gasteiger partial charge is 0.512 e. The first kappa shape index (κ1) is 37.9. The number of aliphatic hydroxyl groups excluding tert-OH is 1. The third-order valence-electron chi connectivity index (χ3n) is 8.48. The number of rotatable bonds is 6. The predicted molar refractivity (Wildman–Crippen MR) is 200 cm³/mol. The molecule has 0 amide bonds. The van der Waals surface area contributed by atoms with E-state index < -0.39 is 5.41 Å². The number of fused-ring (bicyclic) bond motifs is 6. The molecule has 5 nitrogen and oxygen atoms in total. The van der Waals surface area contributed by atoms with Gasteiger partial charge in [0.05, 0.1) is 11.1 Å². The number of ketones is 1. The maximum absolute atomic E-state index is 11.5. The van der Waals surface area contributed by atoms with Crippen LogP contribution in [0.2, 0.25) is 0 Å². The third kappa shape index (κ3) is 8.48. The molecule has 4 aromatic carbocycles. The molecular weight excluding hydrogens is 785 g/mol. The van der Waals surface area contributed by atoms with Crippen molar-refractivity contribution in [1.82, 2.24) is 9.97 Å². The Morgan fingerprint density at radius 1 is 0.857 bits per heavy atom. The maximum Gasteiger partial charge on any atom is 0.164 e. The molecule has 0 aliphatic carbocycles. The SMILES string of the molecule is CC(C)(C)C(=O)/C=C(\O)C(C)(C)C.CC(C)Cc1cc(CC(C)C)c2c(ccc3c(-c4[c-]ccc5c4oc4ccccc45)ncnc32)c1.[Ir]. The Morgan fingerprint density at radius 3 is 2.20 bits per heavy atom. The standard InChI is InChI=1S/C32H29N2O.C11H20O2.Ir/c1-19(2)14-21-16-22-12-13-26-30(33-18-34-31(26)29(22)23(17-21)15-20(3)4)27-10-7-9-25-24-8-5-6-11-28(24)35-32(25)27;1-10(2,3)8(12)7-9(13)11(4,5)6;/h5-9,11-13,16-20H,14-15H2,1-4H3;7,12H,1-6H3;/q-1;;/b;8-7-;. The summed E-state index contributed by atoms with van der Waals surface area (Å²) < 4.78 is 6.31. The predicted octanol–water partition coefficient (Wildman–Crippen LogP) is 11.6. The Hall–Kier alpha value is -3.86. The number of benzene rings is 4. The maximum atomic E-state index is 11.5. The second kappa shape index (κ2) is 14.9. The first-order valence-electron chi connectivity index (χ1n) is 17.0. The van der Waals surface area contributed by atoms with Gasteiger partial charge in [-0.25, -0.2) is 4.98 Å². The average Bonchev–Trinajstić information content (AvgIpc) is 3.38. The van der Waals surface area contributed by atoms with Crippen LogP contribution in [0.15, 0.2) is 83.2 Å². The molecule has 6 aromatic rings. The number of hydrogen-bond donors (Lipinski definition) is 1. The van der Waals surface area contributed by atoms with Crippen molar-refractivity contribution < 1.29 is 34.4 Å². The number of furan rings is 1. The van der Waals surface area contributed by atoms with Gasteiger partial charge < -0.3 is 9.52 Å². The van der Waals surface area contributed by atoms with Crippen molar-refractivity contribution in [2.75, 3.05) is 0 Å². The third-order valence-corrected chi connectivity index (χ3v) is 8.48. The molecule has 0 unspecified atom stereocenters. The van der Waals surface area contributed by atoms with Gasteiger partial charge in [0.15, 0.2) is 5.78 Å². The van der Waals surface area contributed by atoms with E-state index in [2.05, 4.69) is 70.2 Å². The Balaban J connectivity index is 0.000000332. The van der Waals surface area contributed by atoms with Crippen LogP contribution in [0.25, 0.3) is 54.9 Å². The number of allylic oxidation sites excluding steroid dienone is 2. The molecule has 1 radical (unpaired) electrons. The Labute approximate surface area is 304 Å². The van der Waals surface area contributed by atoms with Crippen LogP contribution < -0.4 is 0 Å². The number of carbonyl (C=O) groups excluding carboxylic acids is 1. The molecule has 259 valence electrons. The fourth-order valence-corrected chi connectivity index (χ4v) is 5.95. The summed E-state index contributed by atoms with van der Waals surface area (Å²) >= 11 is 0. The number of para-hydroxylation sites is 1. The summed E-state index contributed by atoms with van der Waals surface area (Å²) in [6.07, 6.45) is 5.12. The molecule has 0 aliphatic heterocycles. The van der Waals surface area contributed by atoms with Crippen LogP contribution in [-0.2, 0) is 37.7 Å². The molecule has 2 heterocycles. The Bertz CT molecular complexity index is 2140. The minimum absolute atomic E-state index is 0. The smallest absolute Gasteiger partial charge is 0.164 e. The first-order valence-corrected chi connectivity index (χ1v) is 17.0. The van der Waals surface area contributed by atoms with Gasteiger partial charge in [0, 0.05) is 53.5 Å². The van der Waals surface area contributed by atoms with E-state index in [1.807, 2.05) is 65.8 Å². The second-order valence-corrected chi connectivity index (χ2v) is 15.8. The van der Waals surface area contributed by atoms with Crippen molar-refractivity contribution in [2.45, 2.75) is 82.1 Å². The number of carbonyl (C=O) groups is 1. The van der Waals surface area contributed by atoms with Crippen molar-refractivity contribution in [3.05, 3.63) is 96.0 Å². The van der Waals surface area contributed by atoms with Crippen LogP contribution in [0.4, 0.5) is 0 Å². The van der Waals surface area contributed by atoms with E-state index >= 15 is 0 Å². The zero-order valence-electron chi connectivity index (χ0n) is 30.5. The Morgan fingerprint density at radius 2 is 1.55 bits per heavy atom. The molecule has 0 saturated heterocycles. The summed E-state index contributed by atoms with van der Waals surface area (Å²) in [4.78, 5) is 21.1. The topological polar surface area (TPSA) is 76.2 Å². The molecule has 49 heavy (non-hydrogen) atoms. The summed E-state index contributed by atoms with van der Waals surface area (Å²) in [6.45, 7) is 20.2. The summed E-state index contributed by atoms with van der Waals surface area (Å²) in [6, 6.07) is 24.8. The van der Waals surface area contributed by atoms with Gasteiger partial charge in [0.2, 0.25) is 0 Å². The summed E-state index contributed by atoms with van der Waals surface area (Å²) in [5.74, 6) is 1.28. The van der Waals surface area contributed by atoms with E-state index in [-0.39, 0.29) is 37.1 Å². The Kier molecular flexibility index (Phi) is 11.6. The molecule has 6 rings (SSSR count). The molecule has 0 atom stereocenters. The van der Waals surface area contributed by atoms with Gasteiger partial charge in [-0.05, 0) is 52.6 Å². The van der Waals surface area contributed by atoms with Gasteiger partial charge in [0.1, 0.15) is 17.7 Å². The monoisotopic (exact) mass is 834 g/mol. The molecule has 0 spiro atoms. The van der Waals surface area contributed by atoms with E-state index in [9.17, 15) is 9.90 Å². The van der Waals surface area contributed by atoms with Gasteiger partial charge in [0.25, 0.3) is 0 Å². The van der Waals surface area contributed by atoms with Crippen molar-refractivity contribution in [2.24, 2.45) is 22.7 Å². The van der Waals surface area contributed by atoms with Crippen LogP contribution in [0.1, 0.15) is 80.4 Å². The number of nitrogens with zero attached hydrogens (tertiary/aromatic N) is 2. The first-order chi connectivity index (χ1) is 22.5. The quantitative estimate of drug-likeness (QED) is 0.0783. The van der Waals surface area contributed by atoms with Gasteiger partial charge in [-0.3, -0.25) is 9.78 Å². The van der Waals surface area contributed by atoms with Crippen LogP contribution in [0.5, 0.6) is 0 Å². The number of aromatic nitrogens is 2. The molecule has 2 aromatic heterocycles. The van der Waals surface area contributed by atoms with E-state index in [1.165, 1.54) is 28.0 Å². The zero-order chi connectivity index (χ0) is 35.0. The second-order valence-electron chi connectivity index (χ2n) is 15.8. The number of hydrogen-bond acceptors (Lipinski definition) is 5. The van der Waals surface area contributed by atoms with Crippen molar-refractivity contribution >= 4 is 49.4 Å². The summed E-state index contributed by atoms with van der Waals surface area (Å²) in [5, 5.41) is 15.3. The van der Waals surface area contributed by atoms with Crippen molar-refractivity contribution in [3.8, 4) is 11.3 Å². The molecule has 1 N–H and O–H groups in total. The summed E-state index contributed by atoms with van der Waals surface area (Å²) in [7, 11) is 0. The molecule has 0 saturated carbocycles. The van der Waals surface area contributed by atoms with Crippen molar-refractivity contribution in [3.63, 3.8) is 0 Å². The molecule has 0 fully saturated rings. The fourth-order valence-electron chi connectivity index (χ4n) is 5.95. The van der Waals surface area contributed by atoms with Gasteiger partial charge in [-0.15, -0.1) is 18.2 Å². The minimum Gasteiger partial charge on any atom is -0.512 e. The fraction of sp³-hybridized carbons (Fsp3) is 0.372. The van der Waals surface area contributed by atoms with E-state index in [4.69, 9.17) is 14.4 Å². The van der Waals surface area contributed by atoms with Crippen LogP contribution in [0.3, 0.4) is 0 Å². The molecular formula is C43H49IrN2O3-. The van der Waals surface area contributed by atoms with E-state index in [0.717, 1.165) is 56.9 Å². The minimum atomic E-state index is -0.417. The van der Waals surface area contributed by atoms with Crippen molar-refractivity contribution in [1.29, 1.82) is 0 Å². The molecule has 6 heteroatoms. The van der Waals surface area contributed by atoms with Gasteiger partial charge in [-0.1, -0.05) is 123 Å².